The number of aryl methyl sites for hydroxylation is 3. The summed E-state index contributed by atoms with van der Waals surface area (Å²) in [6, 6.07) is 18.2. The predicted octanol–water partition coefficient (Wildman–Crippen LogP) is 9.15. The van der Waals surface area contributed by atoms with Crippen molar-refractivity contribution in [3.63, 3.8) is 0 Å². The van der Waals surface area contributed by atoms with Crippen molar-refractivity contribution in [2.24, 2.45) is 0 Å². The van der Waals surface area contributed by atoms with Crippen molar-refractivity contribution in [3.05, 3.63) is 76.3 Å². The number of nitrogens with zero attached hydrogens (tertiary/aromatic N) is 1. The molecular weight excluding hydrogens is 406 g/mol. The molecule has 0 aliphatic rings. The highest BCUT2D eigenvalue weighted by Gasteiger charge is 2.19. The largest absolute Gasteiger partial charge is 0.237 e. The summed E-state index contributed by atoms with van der Waals surface area (Å²) >= 11 is 1.80. The third-order valence-corrected chi connectivity index (χ3v) is 7.33. The van der Waals surface area contributed by atoms with Gasteiger partial charge in [0, 0.05) is 15.8 Å². The summed E-state index contributed by atoms with van der Waals surface area (Å²) < 4.78 is 0. The number of benzene rings is 2. The molecule has 0 aliphatic carbocycles. The Kier molecular flexibility index (Phi) is 5.57. The van der Waals surface area contributed by atoms with Crippen LogP contribution >= 0.6 is 11.3 Å². The molecule has 0 N–H and O–H groups in total. The van der Waals surface area contributed by atoms with Crippen LogP contribution in [-0.2, 0) is 10.8 Å². The van der Waals surface area contributed by atoms with E-state index in [9.17, 15) is 0 Å². The molecule has 32 heavy (non-hydrogen) atoms. The predicted molar refractivity (Wildman–Crippen MR) is 142 cm³/mol. The molecule has 0 amide bonds. The number of rotatable bonds is 2. The molecule has 2 aromatic carbocycles. The summed E-state index contributed by atoms with van der Waals surface area (Å²) in [4.78, 5) is 7.50. The SMILES string of the molecule is Cc1cc(-c2ccc3cc(-c4c(C)cc(C(C)(C)C)cc4C)sc3n2)cc(C(C)(C)C)c1. The summed E-state index contributed by atoms with van der Waals surface area (Å²) in [5.41, 5.74) is 10.6. The number of hydrogen-bond acceptors (Lipinski definition) is 2. The van der Waals surface area contributed by atoms with Gasteiger partial charge in [-0.3, -0.25) is 0 Å². The van der Waals surface area contributed by atoms with Crippen LogP contribution in [0.2, 0.25) is 0 Å². The normalized spacial score (nSPS) is 12.5. The van der Waals surface area contributed by atoms with E-state index in [1.54, 1.807) is 11.3 Å². The van der Waals surface area contributed by atoms with Crippen LogP contribution in [0.5, 0.6) is 0 Å². The Bertz CT molecular complexity index is 1290. The second kappa shape index (κ2) is 7.85. The Balaban J connectivity index is 1.80. The molecule has 1 nitrogen and oxygen atoms in total. The van der Waals surface area contributed by atoms with E-state index in [0.717, 1.165) is 10.5 Å². The van der Waals surface area contributed by atoms with E-state index in [4.69, 9.17) is 4.98 Å². The molecule has 0 fully saturated rings. The van der Waals surface area contributed by atoms with Crippen LogP contribution in [0.4, 0.5) is 0 Å². The van der Waals surface area contributed by atoms with Gasteiger partial charge in [0.1, 0.15) is 4.83 Å². The number of hydrogen-bond donors (Lipinski definition) is 0. The molecule has 2 heteroatoms. The van der Waals surface area contributed by atoms with Crippen LogP contribution in [0, 0.1) is 20.8 Å². The zero-order valence-electron chi connectivity index (χ0n) is 21.0. The Hall–Kier alpha value is -2.45. The fourth-order valence-corrected chi connectivity index (χ4v) is 5.56. The maximum absolute atomic E-state index is 5.09. The van der Waals surface area contributed by atoms with Gasteiger partial charge in [-0.05, 0) is 89.8 Å². The first kappa shape index (κ1) is 22.7. The van der Waals surface area contributed by atoms with Crippen LogP contribution in [0.3, 0.4) is 0 Å². The van der Waals surface area contributed by atoms with Gasteiger partial charge in [-0.2, -0.15) is 0 Å². The molecular formula is C30H35NS. The van der Waals surface area contributed by atoms with Crippen LogP contribution < -0.4 is 0 Å². The zero-order valence-corrected chi connectivity index (χ0v) is 21.8. The molecule has 0 saturated heterocycles. The van der Waals surface area contributed by atoms with Gasteiger partial charge in [0.25, 0.3) is 0 Å². The van der Waals surface area contributed by atoms with Crippen molar-refractivity contribution in [2.45, 2.75) is 73.1 Å². The monoisotopic (exact) mass is 441 g/mol. The fraction of sp³-hybridized carbons (Fsp3) is 0.367. The smallest absolute Gasteiger partial charge is 0.124 e. The van der Waals surface area contributed by atoms with E-state index in [2.05, 4.69) is 111 Å². The third kappa shape index (κ3) is 4.38. The van der Waals surface area contributed by atoms with Crippen molar-refractivity contribution >= 4 is 21.6 Å². The van der Waals surface area contributed by atoms with E-state index in [1.807, 2.05) is 0 Å². The lowest BCUT2D eigenvalue weighted by atomic mass is 9.83. The van der Waals surface area contributed by atoms with Gasteiger partial charge in [-0.1, -0.05) is 65.3 Å². The van der Waals surface area contributed by atoms with E-state index in [1.165, 1.54) is 49.2 Å². The van der Waals surface area contributed by atoms with Crippen molar-refractivity contribution in [1.82, 2.24) is 4.98 Å². The van der Waals surface area contributed by atoms with Crippen molar-refractivity contribution in [2.75, 3.05) is 0 Å². The molecule has 2 heterocycles. The molecule has 0 bridgehead atoms. The molecule has 0 spiro atoms. The van der Waals surface area contributed by atoms with Crippen LogP contribution in [0.25, 0.3) is 31.9 Å². The number of aromatic nitrogens is 1. The molecule has 0 saturated carbocycles. The maximum Gasteiger partial charge on any atom is 0.124 e. The Morgan fingerprint density at radius 3 is 1.88 bits per heavy atom. The van der Waals surface area contributed by atoms with Crippen molar-refractivity contribution < 1.29 is 0 Å². The van der Waals surface area contributed by atoms with E-state index in [0.29, 0.717) is 0 Å². The Morgan fingerprint density at radius 1 is 0.688 bits per heavy atom. The summed E-state index contributed by atoms with van der Waals surface area (Å²) in [5, 5.41) is 1.22. The Labute approximate surface area is 197 Å². The third-order valence-electron chi connectivity index (χ3n) is 6.27. The van der Waals surface area contributed by atoms with E-state index < -0.39 is 0 Å². The fourth-order valence-electron chi connectivity index (χ4n) is 4.35. The first-order chi connectivity index (χ1) is 14.8. The lowest BCUT2D eigenvalue weighted by Crippen LogP contribution is -2.11. The molecule has 0 atom stereocenters. The summed E-state index contributed by atoms with van der Waals surface area (Å²) in [7, 11) is 0. The van der Waals surface area contributed by atoms with Gasteiger partial charge >= 0.3 is 0 Å². The lowest BCUT2D eigenvalue weighted by Gasteiger charge is -2.22. The lowest BCUT2D eigenvalue weighted by molar-refractivity contribution is 0.589. The minimum Gasteiger partial charge on any atom is -0.237 e. The summed E-state index contributed by atoms with van der Waals surface area (Å²) in [5.74, 6) is 0. The van der Waals surface area contributed by atoms with Gasteiger partial charge in [0.15, 0.2) is 0 Å². The van der Waals surface area contributed by atoms with Crippen LogP contribution in [0.15, 0.2) is 48.5 Å². The van der Waals surface area contributed by atoms with Gasteiger partial charge in [0.2, 0.25) is 0 Å². The summed E-state index contributed by atoms with van der Waals surface area (Å²) in [6.07, 6.45) is 0. The van der Waals surface area contributed by atoms with Crippen LogP contribution in [-0.4, -0.2) is 4.98 Å². The number of thiophene rings is 1. The quantitative estimate of drug-likeness (QED) is 0.302. The number of pyridine rings is 1. The summed E-state index contributed by atoms with van der Waals surface area (Å²) in [6.45, 7) is 20.3. The average Bonchev–Trinajstić information content (AvgIpc) is 3.08. The second-order valence-electron chi connectivity index (χ2n) is 11.3. The minimum atomic E-state index is 0.120. The molecule has 0 radical (unpaired) electrons. The first-order valence-corrected chi connectivity index (χ1v) is 12.3. The van der Waals surface area contributed by atoms with Gasteiger partial charge < -0.3 is 0 Å². The average molecular weight is 442 g/mol. The highest BCUT2D eigenvalue weighted by molar-refractivity contribution is 7.21. The second-order valence-corrected chi connectivity index (χ2v) is 12.3. The molecule has 4 rings (SSSR count). The minimum absolute atomic E-state index is 0.120. The first-order valence-electron chi connectivity index (χ1n) is 11.5. The van der Waals surface area contributed by atoms with Crippen molar-refractivity contribution in [3.8, 4) is 21.7 Å². The van der Waals surface area contributed by atoms with Gasteiger partial charge in [0.05, 0.1) is 5.69 Å². The Morgan fingerprint density at radius 2 is 1.28 bits per heavy atom. The molecule has 166 valence electrons. The topological polar surface area (TPSA) is 12.9 Å². The maximum atomic E-state index is 5.09. The molecule has 0 unspecified atom stereocenters. The van der Waals surface area contributed by atoms with Crippen LogP contribution in [0.1, 0.15) is 69.4 Å². The highest BCUT2D eigenvalue weighted by Crippen LogP contribution is 2.39. The zero-order chi connectivity index (χ0) is 23.4. The molecule has 0 aliphatic heterocycles. The van der Waals surface area contributed by atoms with Crippen molar-refractivity contribution in [1.29, 1.82) is 0 Å². The standard InChI is InChI=1S/C30H35NS/c1-18-12-22(16-23(13-18)29(4,5)6)25-11-10-21-17-26(32-28(21)31-25)27-19(2)14-24(15-20(27)3)30(7,8)9/h10-17H,1-9H3. The van der Waals surface area contributed by atoms with E-state index in [-0.39, 0.29) is 10.8 Å². The van der Waals surface area contributed by atoms with Gasteiger partial charge in [-0.15, -0.1) is 11.3 Å². The molecule has 4 aromatic rings. The highest BCUT2D eigenvalue weighted by atomic mass is 32.1. The van der Waals surface area contributed by atoms with Gasteiger partial charge in [-0.25, -0.2) is 4.98 Å². The molecule has 2 aromatic heterocycles. The van der Waals surface area contributed by atoms with E-state index >= 15 is 0 Å². The number of fused-ring (bicyclic) bond motifs is 1.